The molecule has 0 amide bonds. The van der Waals surface area contributed by atoms with Gasteiger partial charge < -0.3 is 14.9 Å². The summed E-state index contributed by atoms with van der Waals surface area (Å²) in [6.07, 6.45) is 1.55. The molecular formula is C10H9Br2N3O2. The normalized spacial score (nSPS) is 10.8. The minimum atomic E-state index is 0.346. The molecule has 2 aromatic heterocycles. The van der Waals surface area contributed by atoms with Crippen molar-refractivity contribution in [2.45, 2.75) is 6.61 Å². The van der Waals surface area contributed by atoms with Gasteiger partial charge in [0.05, 0.1) is 27.5 Å². The van der Waals surface area contributed by atoms with Gasteiger partial charge in [0, 0.05) is 7.11 Å². The maximum atomic E-state index is 5.80. The average Bonchev–Trinajstić information content (AvgIpc) is 2.71. The van der Waals surface area contributed by atoms with E-state index >= 15 is 0 Å². The van der Waals surface area contributed by atoms with E-state index in [0.29, 0.717) is 34.2 Å². The van der Waals surface area contributed by atoms with E-state index < -0.39 is 0 Å². The predicted molar refractivity (Wildman–Crippen MR) is 70.3 cm³/mol. The summed E-state index contributed by atoms with van der Waals surface area (Å²) in [6.45, 7) is 0.346. The van der Waals surface area contributed by atoms with Crippen molar-refractivity contribution in [2.75, 3.05) is 12.8 Å². The molecule has 90 valence electrons. The van der Waals surface area contributed by atoms with E-state index in [4.69, 9.17) is 14.9 Å². The number of hydrogen-bond acceptors (Lipinski definition) is 5. The van der Waals surface area contributed by atoms with Crippen molar-refractivity contribution in [1.82, 2.24) is 9.97 Å². The van der Waals surface area contributed by atoms with Gasteiger partial charge in [0.1, 0.15) is 5.82 Å². The summed E-state index contributed by atoms with van der Waals surface area (Å²) in [5.41, 5.74) is 6.48. The fraction of sp³-hybridized carbons (Fsp3) is 0.200. The van der Waals surface area contributed by atoms with Crippen LogP contribution < -0.4 is 5.73 Å². The van der Waals surface area contributed by atoms with E-state index in [2.05, 4.69) is 41.8 Å². The molecule has 0 aliphatic rings. The molecular weight excluding hydrogens is 354 g/mol. The first-order valence-electron chi connectivity index (χ1n) is 4.67. The molecule has 0 radical (unpaired) electrons. The number of anilines is 1. The lowest BCUT2D eigenvalue weighted by Crippen LogP contribution is -2.03. The summed E-state index contributed by atoms with van der Waals surface area (Å²) in [7, 11) is 1.59. The highest BCUT2D eigenvalue weighted by Crippen LogP contribution is 2.30. The molecule has 0 atom stereocenters. The molecule has 0 fully saturated rings. The first-order valence-corrected chi connectivity index (χ1v) is 6.26. The molecule has 0 saturated carbocycles. The number of nitrogens with zero attached hydrogens (tertiary/aromatic N) is 2. The van der Waals surface area contributed by atoms with E-state index in [-0.39, 0.29) is 0 Å². The molecule has 7 heteroatoms. The van der Waals surface area contributed by atoms with Crippen LogP contribution in [0.15, 0.2) is 25.7 Å². The summed E-state index contributed by atoms with van der Waals surface area (Å²) < 4.78 is 11.8. The number of nitrogen functional groups attached to an aromatic ring is 1. The van der Waals surface area contributed by atoms with E-state index in [9.17, 15) is 0 Å². The first kappa shape index (κ1) is 12.5. The minimum absolute atomic E-state index is 0.346. The van der Waals surface area contributed by atoms with Gasteiger partial charge in [-0.3, -0.25) is 0 Å². The Bertz CT molecular complexity index is 542. The van der Waals surface area contributed by atoms with Crippen molar-refractivity contribution in [3.05, 3.63) is 27.0 Å². The fourth-order valence-electron chi connectivity index (χ4n) is 1.30. The Morgan fingerprint density at radius 1 is 1.41 bits per heavy atom. The van der Waals surface area contributed by atoms with Crippen LogP contribution in [0.5, 0.6) is 0 Å². The quantitative estimate of drug-likeness (QED) is 0.908. The molecule has 0 spiro atoms. The highest BCUT2D eigenvalue weighted by atomic mass is 79.9. The fourth-order valence-corrected chi connectivity index (χ4v) is 1.97. The molecule has 0 aromatic carbocycles. The maximum absolute atomic E-state index is 5.80. The number of furan rings is 1. The number of rotatable bonds is 3. The largest absolute Gasteiger partial charge is 0.460 e. The van der Waals surface area contributed by atoms with E-state index in [1.54, 1.807) is 19.4 Å². The number of aromatic nitrogens is 2. The number of methoxy groups -OCH3 is 1. The van der Waals surface area contributed by atoms with Gasteiger partial charge in [-0.15, -0.1) is 0 Å². The van der Waals surface area contributed by atoms with Crippen LogP contribution in [0.25, 0.3) is 11.6 Å². The van der Waals surface area contributed by atoms with Crippen molar-refractivity contribution in [1.29, 1.82) is 0 Å². The summed E-state index contributed by atoms with van der Waals surface area (Å²) in [5, 5.41) is 0. The second-order valence-corrected chi connectivity index (χ2v) is 4.87. The molecule has 2 rings (SSSR count). The van der Waals surface area contributed by atoms with Gasteiger partial charge in [0.2, 0.25) is 0 Å². The zero-order valence-electron chi connectivity index (χ0n) is 8.91. The van der Waals surface area contributed by atoms with Crippen LogP contribution in [-0.2, 0) is 11.3 Å². The molecule has 0 aliphatic heterocycles. The molecule has 0 bridgehead atoms. The molecule has 2 aromatic rings. The minimum Gasteiger partial charge on any atom is -0.460 e. The molecule has 5 nitrogen and oxygen atoms in total. The highest BCUT2D eigenvalue weighted by molar-refractivity contribution is 9.11. The Morgan fingerprint density at radius 2 is 2.18 bits per heavy atom. The van der Waals surface area contributed by atoms with Gasteiger partial charge in [0.15, 0.2) is 11.6 Å². The SMILES string of the molecule is COCc1nc(-c2occc2Br)nc(N)c1Br. The van der Waals surface area contributed by atoms with Crippen LogP contribution in [0.2, 0.25) is 0 Å². The van der Waals surface area contributed by atoms with Crippen molar-refractivity contribution in [2.24, 2.45) is 0 Å². The summed E-state index contributed by atoms with van der Waals surface area (Å²) in [4.78, 5) is 8.50. The van der Waals surface area contributed by atoms with Crippen LogP contribution in [0.1, 0.15) is 5.69 Å². The van der Waals surface area contributed by atoms with Gasteiger partial charge in [0.25, 0.3) is 0 Å². The van der Waals surface area contributed by atoms with E-state index in [1.165, 1.54) is 0 Å². The summed E-state index contributed by atoms with van der Waals surface area (Å²) >= 11 is 6.68. The third-order valence-corrected chi connectivity index (χ3v) is 3.54. The molecule has 0 unspecified atom stereocenters. The Hall–Kier alpha value is -0.920. The van der Waals surface area contributed by atoms with Gasteiger partial charge in [-0.2, -0.15) is 0 Å². The van der Waals surface area contributed by atoms with Crippen LogP contribution in [0, 0.1) is 0 Å². The number of nitrogens with two attached hydrogens (primary N) is 1. The van der Waals surface area contributed by atoms with Gasteiger partial charge >= 0.3 is 0 Å². The molecule has 2 heterocycles. The van der Waals surface area contributed by atoms with Crippen molar-refractivity contribution in [3.63, 3.8) is 0 Å². The average molecular weight is 363 g/mol. The number of hydrogen-bond donors (Lipinski definition) is 1. The lowest BCUT2D eigenvalue weighted by molar-refractivity contribution is 0.181. The lowest BCUT2D eigenvalue weighted by Gasteiger charge is -2.07. The predicted octanol–water partition coefficient (Wildman–Crippen LogP) is 2.99. The zero-order chi connectivity index (χ0) is 12.4. The van der Waals surface area contributed by atoms with Gasteiger partial charge in [-0.1, -0.05) is 0 Å². The molecule has 0 aliphatic carbocycles. The Labute approximate surface area is 115 Å². The monoisotopic (exact) mass is 361 g/mol. The third kappa shape index (κ3) is 2.51. The first-order chi connectivity index (χ1) is 8.13. The Balaban J connectivity index is 2.53. The van der Waals surface area contributed by atoms with Crippen molar-refractivity contribution >= 4 is 37.7 Å². The molecule has 17 heavy (non-hydrogen) atoms. The zero-order valence-corrected chi connectivity index (χ0v) is 12.1. The number of ether oxygens (including phenoxy) is 1. The van der Waals surface area contributed by atoms with Crippen LogP contribution >= 0.6 is 31.9 Å². The van der Waals surface area contributed by atoms with Crippen molar-refractivity contribution in [3.8, 4) is 11.6 Å². The molecule has 0 saturated heterocycles. The van der Waals surface area contributed by atoms with Crippen LogP contribution in [-0.4, -0.2) is 17.1 Å². The van der Waals surface area contributed by atoms with Crippen LogP contribution in [0.3, 0.4) is 0 Å². The maximum Gasteiger partial charge on any atom is 0.199 e. The standard InChI is InChI=1S/C10H9Br2N3O2/c1-16-4-6-7(12)9(13)15-10(14-6)8-5(11)2-3-17-8/h2-3H,4H2,1H3,(H2,13,14,15). The Morgan fingerprint density at radius 3 is 2.76 bits per heavy atom. The third-order valence-electron chi connectivity index (χ3n) is 2.05. The van der Waals surface area contributed by atoms with E-state index in [0.717, 1.165) is 4.47 Å². The van der Waals surface area contributed by atoms with E-state index in [1.807, 2.05) is 0 Å². The highest BCUT2D eigenvalue weighted by Gasteiger charge is 2.15. The topological polar surface area (TPSA) is 74.2 Å². The number of halogens is 2. The second kappa shape index (κ2) is 5.16. The Kier molecular flexibility index (Phi) is 3.80. The van der Waals surface area contributed by atoms with Gasteiger partial charge in [-0.25, -0.2) is 9.97 Å². The van der Waals surface area contributed by atoms with Crippen molar-refractivity contribution < 1.29 is 9.15 Å². The summed E-state index contributed by atoms with van der Waals surface area (Å²) in [6, 6.07) is 1.77. The smallest absolute Gasteiger partial charge is 0.199 e. The van der Waals surface area contributed by atoms with Crippen LogP contribution in [0.4, 0.5) is 5.82 Å². The molecule has 2 N–H and O–H groups in total. The van der Waals surface area contributed by atoms with Gasteiger partial charge in [-0.05, 0) is 37.9 Å². The lowest BCUT2D eigenvalue weighted by atomic mass is 10.3. The summed E-state index contributed by atoms with van der Waals surface area (Å²) in [5.74, 6) is 1.32. The second-order valence-electron chi connectivity index (χ2n) is 3.22.